The van der Waals surface area contributed by atoms with Gasteiger partial charge in [0.1, 0.15) is 5.75 Å². The minimum atomic E-state index is -2.46. The lowest BCUT2D eigenvalue weighted by Crippen LogP contribution is -2.50. The average Bonchev–Trinajstić information content (AvgIpc) is 2.71. The maximum Gasteiger partial charge on any atom is 0.277 e. The highest BCUT2D eigenvalue weighted by atomic mass is 28.4. The van der Waals surface area contributed by atoms with E-state index < -0.39 is 27.0 Å². The molecule has 4 rings (SSSR count). The zero-order valence-corrected chi connectivity index (χ0v) is 18.1. The first-order chi connectivity index (χ1) is 15.1. The Bertz CT molecular complexity index is 1230. The molecule has 0 amide bonds. The van der Waals surface area contributed by atoms with E-state index in [-0.39, 0.29) is 11.1 Å². The zero-order chi connectivity index (χ0) is 24.4. The molecule has 0 saturated heterocycles. The molecule has 0 spiro atoms. The fourth-order valence-corrected chi connectivity index (χ4v) is 5.87. The number of aromatic nitrogens is 1. The number of aryl methyl sites for hydroxylation is 1. The third kappa shape index (κ3) is 3.51. The molecule has 0 aliphatic carbocycles. The first-order valence-electron chi connectivity index (χ1n) is 12.1. The molecular formula is C25H29NOSi. The largest absolute Gasteiger partial charge is 0.539 e. The molecule has 144 valence electrons. The summed E-state index contributed by atoms with van der Waals surface area (Å²) in [6, 6.07) is 15.7. The van der Waals surface area contributed by atoms with E-state index in [0.29, 0.717) is 5.69 Å². The van der Waals surface area contributed by atoms with Gasteiger partial charge in [0, 0.05) is 24.2 Å². The molecule has 0 radical (unpaired) electrons. The molecule has 3 aromatic rings. The van der Waals surface area contributed by atoms with E-state index in [9.17, 15) is 0 Å². The van der Waals surface area contributed by atoms with E-state index in [0.717, 1.165) is 27.6 Å². The second-order valence-corrected chi connectivity index (χ2v) is 12.6. The smallest absolute Gasteiger partial charge is 0.277 e. The topological polar surface area (TPSA) is 22.1 Å². The highest BCUT2D eigenvalue weighted by Gasteiger charge is 2.35. The number of hydrogen-bond donors (Lipinski definition) is 0. The van der Waals surface area contributed by atoms with E-state index in [4.69, 9.17) is 11.3 Å². The molecule has 28 heavy (non-hydrogen) atoms. The van der Waals surface area contributed by atoms with Crippen molar-refractivity contribution in [1.82, 2.24) is 4.98 Å². The summed E-state index contributed by atoms with van der Waals surface area (Å²) in [5.74, 6) is 0.898. The molecule has 2 nitrogen and oxygen atoms in total. The molecule has 3 heteroatoms. The molecule has 0 N–H and O–H groups in total. The van der Waals surface area contributed by atoms with Gasteiger partial charge in [-0.3, -0.25) is 4.98 Å². The summed E-state index contributed by atoms with van der Waals surface area (Å²) in [7, 11) is -2.24. The average molecular weight is 393 g/mol. The van der Waals surface area contributed by atoms with Gasteiger partial charge in [-0.25, -0.2) is 0 Å². The van der Waals surface area contributed by atoms with Crippen molar-refractivity contribution < 1.29 is 11.3 Å². The molecule has 2 aromatic carbocycles. The van der Waals surface area contributed by atoms with Gasteiger partial charge in [-0.1, -0.05) is 51.1 Å². The van der Waals surface area contributed by atoms with Crippen LogP contribution >= 0.6 is 0 Å². The van der Waals surface area contributed by atoms with Gasteiger partial charge in [0.15, 0.2) is 0 Å². The number of hydrogen-bond acceptors (Lipinski definition) is 2. The maximum absolute atomic E-state index is 8.77. The van der Waals surface area contributed by atoms with Crippen molar-refractivity contribution in [2.75, 3.05) is 0 Å². The van der Waals surface area contributed by atoms with Crippen molar-refractivity contribution in [1.29, 1.82) is 0 Å². The van der Waals surface area contributed by atoms with Crippen molar-refractivity contribution >= 4 is 13.5 Å². The van der Waals surface area contributed by atoms with Crippen LogP contribution in [0.25, 0.3) is 22.4 Å². The normalized spacial score (nSPS) is 18.4. The Hall–Kier alpha value is -2.39. The van der Waals surface area contributed by atoms with Crippen LogP contribution in [-0.2, 0) is 6.37 Å². The summed E-state index contributed by atoms with van der Waals surface area (Å²) in [6.45, 7) is 7.18. The summed E-state index contributed by atoms with van der Waals surface area (Å²) in [5, 5.41) is 1.14. The molecule has 2 heterocycles. The van der Waals surface area contributed by atoms with Crippen LogP contribution in [0.2, 0.25) is 13.1 Å². The van der Waals surface area contributed by atoms with E-state index in [1.54, 1.807) is 26.8 Å². The third-order valence-electron chi connectivity index (χ3n) is 4.92. The first-order valence-corrected chi connectivity index (χ1v) is 12.5. The lowest BCUT2D eigenvalue weighted by Gasteiger charge is -2.33. The molecule has 1 aliphatic rings. The molecule has 0 atom stereocenters. The van der Waals surface area contributed by atoms with Gasteiger partial charge in [0.25, 0.3) is 8.32 Å². The first kappa shape index (κ1) is 13.7. The number of para-hydroxylation sites is 1. The molecule has 0 fully saturated rings. The quantitative estimate of drug-likeness (QED) is 0.490. The zero-order valence-electron chi connectivity index (χ0n) is 22.1. The lowest BCUT2D eigenvalue weighted by atomic mass is 9.86. The Balaban J connectivity index is 1.91. The number of pyridine rings is 1. The van der Waals surface area contributed by atoms with E-state index in [2.05, 4.69) is 36.3 Å². The van der Waals surface area contributed by atoms with E-state index in [1.807, 2.05) is 24.3 Å². The SMILES string of the molecule is [2H]C([2H])([2H])c1cnc(-c2ccc3c(c2)[Si](C)(C)Oc2ccccc2-3)cc1C([2H])([2H])C(C)(C)C. The number of fused-ring (bicyclic) bond motifs is 3. The Kier molecular flexibility index (Phi) is 3.23. The van der Waals surface area contributed by atoms with Gasteiger partial charge >= 0.3 is 0 Å². The van der Waals surface area contributed by atoms with Crippen molar-refractivity contribution in [2.24, 2.45) is 5.41 Å². The van der Waals surface area contributed by atoms with Gasteiger partial charge < -0.3 is 4.43 Å². The van der Waals surface area contributed by atoms with Gasteiger partial charge in [-0.2, -0.15) is 0 Å². The Labute approximate surface area is 176 Å². The molecule has 0 bridgehead atoms. The second kappa shape index (κ2) is 6.59. The van der Waals surface area contributed by atoms with Crippen LogP contribution in [0.5, 0.6) is 5.75 Å². The van der Waals surface area contributed by atoms with E-state index >= 15 is 0 Å². The highest BCUT2D eigenvalue weighted by molar-refractivity contribution is 6.86. The molecule has 0 saturated carbocycles. The summed E-state index contributed by atoms with van der Waals surface area (Å²) >= 11 is 0. The summed E-state index contributed by atoms with van der Waals surface area (Å²) in [6.07, 6.45) is -0.548. The van der Waals surface area contributed by atoms with Crippen molar-refractivity contribution in [3.63, 3.8) is 0 Å². The lowest BCUT2D eigenvalue weighted by molar-refractivity contribution is 0.410. The second-order valence-electron chi connectivity index (χ2n) is 8.86. The number of benzene rings is 2. The Morgan fingerprint density at radius 2 is 1.86 bits per heavy atom. The summed E-state index contributed by atoms with van der Waals surface area (Å²) < 4.78 is 47.8. The van der Waals surface area contributed by atoms with Crippen LogP contribution in [0.15, 0.2) is 54.7 Å². The standard InChI is InChI=1S/C25H29NOSi/c1-17-16-26-22(13-19(17)15-25(2,3)4)18-11-12-21-20-9-7-8-10-23(20)27-28(5,6)24(21)14-18/h7-14,16H,15H2,1-6H3/i1D3,15D2. The molecule has 0 unspecified atom stereocenters. The van der Waals surface area contributed by atoms with Gasteiger partial charge in [-0.15, -0.1) is 0 Å². The van der Waals surface area contributed by atoms with Crippen LogP contribution in [-0.4, -0.2) is 13.3 Å². The van der Waals surface area contributed by atoms with Crippen LogP contribution in [0, 0.1) is 12.3 Å². The predicted molar refractivity (Wildman–Crippen MR) is 121 cm³/mol. The third-order valence-corrected chi connectivity index (χ3v) is 7.36. The van der Waals surface area contributed by atoms with Crippen LogP contribution in [0.4, 0.5) is 0 Å². The minimum Gasteiger partial charge on any atom is -0.539 e. The van der Waals surface area contributed by atoms with Gasteiger partial charge in [-0.05, 0) is 71.8 Å². The molecular weight excluding hydrogens is 358 g/mol. The van der Waals surface area contributed by atoms with Crippen LogP contribution < -0.4 is 9.61 Å². The van der Waals surface area contributed by atoms with Crippen molar-refractivity contribution in [3.8, 4) is 28.1 Å². The van der Waals surface area contributed by atoms with Crippen molar-refractivity contribution in [2.45, 2.75) is 47.1 Å². The fourth-order valence-electron chi connectivity index (χ4n) is 3.67. The maximum atomic E-state index is 8.77. The Morgan fingerprint density at radius 1 is 1.07 bits per heavy atom. The minimum absolute atomic E-state index is 0.0453. The predicted octanol–water partition coefficient (Wildman–Crippen LogP) is 6.12. The summed E-state index contributed by atoms with van der Waals surface area (Å²) in [4.78, 5) is 4.46. The van der Waals surface area contributed by atoms with Crippen LogP contribution in [0.3, 0.4) is 0 Å². The molecule has 1 aromatic heterocycles. The van der Waals surface area contributed by atoms with Crippen molar-refractivity contribution in [3.05, 3.63) is 65.9 Å². The Morgan fingerprint density at radius 3 is 2.61 bits per heavy atom. The number of rotatable bonds is 2. The van der Waals surface area contributed by atoms with E-state index in [1.165, 1.54) is 6.20 Å². The van der Waals surface area contributed by atoms with Crippen LogP contribution in [0.1, 0.15) is 38.8 Å². The molecule has 1 aliphatic heterocycles. The monoisotopic (exact) mass is 392 g/mol. The van der Waals surface area contributed by atoms with Gasteiger partial charge in [0.2, 0.25) is 0 Å². The van der Waals surface area contributed by atoms with Gasteiger partial charge in [0.05, 0.1) is 5.69 Å². The number of nitrogens with zero attached hydrogens (tertiary/aromatic N) is 1. The summed E-state index contributed by atoms with van der Waals surface area (Å²) in [5.41, 5.74) is 2.89. The fraction of sp³-hybridized carbons (Fsp3) is 0.320. The highest BCUT2D eigenvalue weighted by Crippen LogP contribution is 2.37.